The van der Waals surface area contributed by atoms with E-state index in [1.54, 1.807) is 28.8 Å². The van der Waals surface area contributed by atoms with E-state index in [1.165, 1.54) is 12.1 Å². The number of nitrogens with zero attached hydrogens (tertiary/aromatic N) is 2. The van der Waals surface area contributed by atoms with Crippen molar-refractivity contribution in [3.05, 3.63) is 66.0 Å². The van der Waals surface area contributed by atoms with Crippen LogP contribution < -0.4 is 15.1 Å². The van der Waals surface area contributed by atoms with E-state index >= 15 is 0 Å². The summed E-state index contributed by atoms with van der Waals surface area (Å²) in [5.74, 6) is -0.338. The summed E-state index contributed by atoms with van der Waals surface area (Å²) in [6.45, 7) is 0.276. The largest absolute Gasteiger partial charge is 0.482 e. The first-order chi connectivity index (χ1) is 12.7. The third-order valence-corrected chi connectivity index (χ3v) is 4.31. The number of benzene rings is 2. The maximum absolute atomic E-state index is 12.4. The summed E-state index contributed by atoms with van der Waals surface area (Å²) in [7, 11) is 0. The number of rotatable bonds is 3. The van der Waals surface area contributed by atoms with E-state index in [1.807, 2.05) is 24.3 Å². The van der Waals surface area contributed by atoms with E-state index in [4.69, 9.17) is 9.94 Å². The van der Waals surface area contributed by atoms with Crippen molar-refractivity contribution < 1.29 is 19.5 Å². The zero-order valence-electron chi connectivity index (χ0n) is 13.7. The molecule has 7 nitrogen and oxygen atoms in total. The highest BCUT2D eigenvalue weighted by Gasteiger charge is 2.26. The van der Waals surface area contributed by atoms with Gasteiger partial charge in [-0.25, -0.2) is 5.48 Å². The maximum Gasteiger partial charge on any atom is 0.274 e. The molecule has 1 aliphatic heterocycles. The first-order valence-electron chi connectivity index (χ1n) is 8.00. The van der Waals surface area contributed by atoms with Crippen LogP contribution in [0.25, 0.3) is 10.8 Å². The van der Waals surface area contributed by atoms with Crippen LogP contribution in [-0.4, -0.2) is 28.6 Å². The van der Waals surface area contributed by atoms with Crippen LogP contribution in [-0.2, 0) is 11.3 Å². The Balaban J connectivity index is 1.71. The standard InChI is InChI=1S/C19H15N3O4/c23-18-11-26-17-4-3-14(19(24)21-25)8-16(17)22(18)10-12-1-2-13-5-6-20-9-15(13)7-12/h1-9,25H,10-11H2,(H,21,24). The summed E-state index contributed by atoms with van der Waals surface area (Å²) in [4.78, 5) is 29.8. The highest BCUT2D eigenvalue weighted by Crippen LogP contribution is 2.34. The molecule has 0 atom stereocenters. The molecule has 0 aliphatic carbocycles. The Hall–Kier alpha value is -3.45. The Kier molecular flexibility index (Phi) is 3.98. The van der Waals surface area contributed by atoms with Gasteiger partial charge < -0.3 is 9.64 Å². The number of hydrogen-bond acceptors (Lipinski definition) is 5. The van der Waals surface area contributed by atoms with E-state index in [9.17, 15) is 9.59 Å². The van der Waals surface area contributed by atoms with Crippen molar-refractivity contribution in [1.29, 1.82) is 0 Å². The summed E-state index contributed by atoms with van der Waals surface area (Å²) in [6.07, 6.45) is 3.51. The number of ether oxygens (including phenoxy) is 1. The maximum atomic E-state index is 12.4. The second-order valence-corrected chi connectivity index (χ2v) is 5.95. The zero-order chi connectivity index (χ0) is 18.1. The Morgan fingerprint density at radius 1 is 1.19 bits per heavy atom. The third kappa shape index (κ3) is 2.84. The van der Waals surface area contributed by atoms with E-state index < -0.39 is 5.91 Å². The van der Waals surface area contributed by atoms with Gasteiger partial charge in [0.1, 0.15) is 5.75 Å². The molecule has 2 amide bonds. The zero-order valence-corrected chi connectivity index (χ0v) is 13.7. The smallest absolute Gasteiger partial charge is 0.274 e. The number of hydrogen-bond donors (Lipinski definition) is 2. The summed E-state index contributed by atoms with van der Waals surface area (Å²) >= 11 is 0. The van der Waals surface area contributed by atoms with Gasteiger partial charge in [0.2, 0.25) is 0 Å². The highest BCUT2D eigenvalue weighted by atomic mass is 16.5. The molecule has 2 N–H and O–H groups in total. The van der Waals surface area contributed by atoms with Crippen LogP contribution in [0, 0.1) is 0 Å². The number of anilines is 1. The summed E-state index contributed by atoms with van der Waals surface area (Å²) in [6, 6.07) is 12.5. The van der Waals surface area contributed by atoms with Gasteiger partial charge >= 0.3 is 0 Å². The van der Waals surface area contributed by atoms with Gasteiger partial charge in [-0.3, -0.25) is 19.8 Å². The van der Waals surface area contributed by atoms with Crippen LogP contribution in [0.5, 0.6) is 5.75 Å². The summed E-state index contributed by atoms with van der Waals surface area (Å²) in [5, 5.41) is 10.9. The lowest BCUT2D eigenvalue weighted by Gasteiger charge is -2.30. The molecule has 2 aromatic carbocycles. The van der Waals surface area contributed by atoms with Gasteiger partial charge in [0.15, 0.2) is 6.61 Å². The molecule has 0 radical (unpaired) electrons. The van der Waals surface area contributed by atoms with Gasteiger partial charge in [0.25, 0.3) is 11.8 Å². The fourth-order valence-electron chi connectivity index (χ4n) is 3.00. The van der Waals surface area contributed by atoms with Crippen molar-refractivity contribution in [2.24, 2.45) is 0 Å². The molecular formula is C19H15N3O4. The Morgan fingerprint density at radius 2 is 2.08 bits per heavy atom. The van der Waals surface area contributed by atoms with Crippen molar-refractivity contribution in [2.45, 2.75) is 6.54 Å². The molecule has 1 aromatic heterocycles. The first kappa shape index (κ1) is 16.0. The lowest BCUT2D eigenvalue weighted by Crippen LogP contribution is -2.38. The number of carbonyl (C=O) groups excluding carboxylic acids is 2. The predicted molar refractivity (Wildman–Crippen MR) is 94.1 cm³/mol. The molecular weight excluding hydrogens is 334 g/mol. The number of pyridine rings is 1. The number of aromatic nitrogens is 1. The number of nitrogens with one attached hydrogen (secondary N) is 1. The fourth-order valence-corrected chi connectivity index (χ4v) is 3.00. The highest BCUT2D eigenvalue weighted by molar-refractivity contribution is 6.01. The summed E-state index contributed by atoms with van der Waals surface area (Å²) in [5.41, 5.74) is 3.26. The molecule has 0 spiro atoms. The SMILES string of the molecule is O=C(NO)c1ccc2c(c1)N(Cc1ccc3ccncc3c1)C(=O)CO2. The molecule has 26 heavy (non-hydrogen) atoms. The van der Waals surface area contributed by atoms with E-state index in [0.29, 0.717) is 18.0 Å². The van der Waals surface area contributed by atoms with Gasteiger partial charge in [-0.1, -0.05) is 12.1 Å². The quantitative estimate of drug-likeness (QED) is 0.559. The second kappa shape index (κ2) is 6.45. The second-order valence-electron chi connectivity index (χ2n) is 5.95. The van der Waals surface area contributed by atoms with Gasteiger partial charge in [-0.05, 0) is 41.3 Å². The van der Waals surface area contributed by atoms with Crippen molar-refractivity contribution in [1.82, 2.24) is 10.5 Å². The van der Waals surface area contributed by atoms with E-state index in [2.05, 4.69) is 4.98 Å². The average Bonchev–Trinajstić information content (AvgIpc) is 2.69. The third-order valence-electron chi connectivity index (χ3n) is 4.31. The molecule has 3 aromatic rings. The minimum atomic E-state index is -0.650. The number of fused-ring (bicyclic) bond motifs is 2. The number of amides is 2. The molecule has 130 valence electrons. The lowest BCUT2D eigenvalue weighted by atomic mass is 10.1. The Bertz CT molecular complexity index is 1020. The van der Waals surface area contributed by atoms with Crippen molar-refractivity contribution in [3.8, 4) is 5.75 Å². The Labute approximate surface area is 148 Å². The van der Waals surface area contributed by atoms with E-state index in [-0.39, 0.29) is 18.1 Å². The molecule has 0 saturated carbocycles. The van der Waals surface area contributed by atoms with Crippen LogP contribution in [0.4, 0.5) is 5.69 Å². The molecule has 0 unspecified atom stereocenters. The lowest BCUT2D eigenvalue weighted by molar-refractivity contribution is -0.121. The van der Waals surface area contributed by atoms with Crippen LogP contribution >= 0.6 is 0 Å². The van der Waals surface area contributed by atoms with Crippen molar-refractivity contribution >= 4 is 28.3 Å². The molecule has 1 aliphatic rings. The van der Waals surface area contributed by atoms with Gasteiger partial charge in [-0.2, -0.15) is 0 Å². The number of hydroxylamine groups is 1. The van der Waals surface area contributed by atoms with Gasteiger partial charge in [0, 0.05) is 23.3 Å². The minimum Gasteiger partial charge on any atom is -0.482 e. The van der Waals surface area contributed by atoms with Crippen LogP contribution in [0.1, 0.15) is 15.9 Å². The van der Waals surface area contributed by atoms with E-state index in [0.717, 1.165) is 16.3 Å². The molecule has 0 bridgehead atoms. The molecule has 4 rings (SSSR count). The van der Waals surface area contributed by atoms with Crippen molar-refractivity contribution in [3.63, 3.8) is 0 Å². The molecule has 2 heterocycles. The van der Waals surface area contributed by atoms with Crippen molar-refractivity contribution in [2.75, 3.05) is 11.5 Å². The van der Waals surface area contributed by atoms with Gasteiger partial charge in [-0.15, -0.1) is 0 Å². The normalized spacial score (nSPS) is 13.3. The monoisotopic (exact) mass is 349 g/mol. The predicted octanol–water partition coefficient (Wildman–Crippen LogP) is 2.28. The first-order valence-corrected chi connectivity index (χ1v) is 8.00. The summed E-state index contributed by atoms with van der Waals surface area (Å²) < 4.78 is 5.45. The molecule has 0 saturated heterocycles. The van der Waals surface area contributed by atoms with Crippen LogP contribution in [0.15, 0.2) is 54.9 Å². The Morgan fingerprint density at radius 3 is 2.92 bits per heavy atom. The minimum absolute atomic E-state index is 0.0618. The van der Waals surface area contributed by atoms with Crippen LogP contribution in [0.2, 0.25) is 0 Å². The molecule has 7 heteroatoms. The van der Waals surface area contributed by atoms with Gasteiger partial charge in [0.05, 0.1) is 12.2 Å². The fraction of sp³-hybridized carbons (Fsp3) is 0.105. The van der Waals surface area contributed by atoms with Crippen LogP contribution in [0.3, 0.4) is 0 Å². The number of carbonyl (C=O) groups is 2. The average molecular weight is 349 g/mol. The molecule has 0 fully saturated rings. The topological polar surface area (TPSA) is 91.8 Å².